The Kier molecular flexibility index (Phi) is 9.04. The van der Waals surface area contributed by atoms with Crippen LogP contribution in [0.5, 0.6) is 5.75 Å². The molecule has 7 aromatic carbocycles. The Balaban J connectivity index is 0.00000659. The molecule has 9 aromatic rings. The van der Waals surface area contributed by atoms with E-state index < -0.39 is 25.0 Å². The molecule has 0 spiro atoms. The van der Waals surface area contributed by atoms with Crippen LogP contribution in [-0.4, -0.2) is 19.6 Å². The molecule has 0 fully saturated rings. The molecule has 0 aliphatic heterocycles. The summed E-state index contributed by atoms with van der Waals surface area (Å²) in [4.78, 5) is 10.1. The molecule has 0 saturated heterocycles. The predicted molar refractivity (Wildman–Crippen MR) is 254 cm³/mol. The second-order valence-electron chi connectivity index (χ2n) is 17.4. The third-order valence-corrected chi connectivity index (χ3v) is 11.2. The number of phenolic OH excluding ortho intramolecular Hbond substituents is 1. The van der Waals surface area contributed by atoms with Gasteiger partial charge in [0.15, 0.2) is 0 Å². The molecule has 0 aliphatic carbocycles. The Morgan fingerprint density at radius 1 is 0.597 bits per heavy atom. The average Bonchev–Trinajstić information content (AvgIpc) is 3.71. The normalized spacial score (nSPS) is 13.8. The van der Waals surface area contributed by atoms with E-state index >= 15 is 0 Å². The number of benzene rings is 7. The Labute approximate surface area is 391 Å². The van der Waals surface area contributed by atoms with Crippen LogP contribution in [0.4, 0.5) is 0 Å². The minimum atomic E-state index is -2.52. The fourth-order valence-corrected chi connectivity index (χ4v) is 7.83. The molecule has 310 valence electrons. The van der Waals surface area contributed by atoms with E-state index in [9.17, 15) is 5.11 Å². The number of rotatable bonds is 7. The molecular formula is C57H50N3OPt-. The second-order valence-corrected chi connectivity index (χ2v) is 17.4. The van der Waals surface area contributed by atoms with Crippen molar-refractivity contribution in [3.63, 3.8) is 0 Å². The van der Waals surface area contributed by atoms with Crippen LogP contribution in [0.25, 0.3) is 83.9 Å². The molecule has 5 heteroatoms. The number of aryl methyl sites for hydroxylation is 1. The number of hydrogen-bond donors (Lipinski definition) is 1. The number of aromatic hydroxyl groups is 1. The topological polar surface area (TPSA) is 50.9 Å². The van der Waals surface area contributed by atoms with Gasteiger partial charge in [-0.05, 0) is 93.0 Å². The van der Waals surface area contributed by atoms with E-state index in [1.165, 1.54) is 0 Å². The molecule has 0 bridgehead atoms. The number of phenols is 1. The number of nitrogens with zero attached hydrogens (tertiary/aromatic N) is 3. The third kappa shape index (κ3) is 8.20. The summed E-state index contributed by atoms with van der Waals surface area (Å²) >= 11 is 0. The predicted octanol–water partition coefficient (Wildman–Crippen LogP) is 14.8. The van der Waals surface area contributed by atoms with E-state index in [2.05, 4.69) is 65.8 Å². The Morgan fingerprint density at radius 2 is 1.27 bits per heavy atom. The van der Waals surface area contributed by atoms with Crippen molar-refractivity contribution in [1.29, 1.82) is 0 Å². The zero-order valence-corrected chi connectivity index (χ0v) is 37.7. The van der Waals surface area contributed by atoms with Crippen molar-refractivity contribution in [2.45, 2.75) is 59.2 Å². The summed E-state index contributed by atoms with van der Waals surface area (Å²) in [5.74, 6) is 0.392. The average molecular weight is 996 g/mol. The van der Waals surface area contributed by atoms with Crippen molar-refractivity contribution in [2.24, 2.45) is 0 Å². The second kappa shape index (κ2) is 16.8. The fraction of sp³-hybridized carbons (Fsp3) is 0.158. The fourth-order valence-electron chi connectivity index (χ4n) is 7.83. The zero-order valence-electron chi connectivity index (χ0n) is 43.4. The van der Waals surface area contributed by atoms with Crippen LogP contribution in [0, 0.1) is 12.9 Å². The van der Waals surface area contributed by atoms with E-state index in [0.29, 0.717) is 61.6 Å². The smallest absolute Gasteiger partial charge is 0.148 e. The first kappa shape index (κ1) is 33.3. The largest absolute Gasteiger partial charge is 0.507 e. The number of hydrogen-bond acceptors (Lipinski definition) is 3. The monoisotopic (exact) mass is 995 g/mol. The number of fused-ring (bicyclic) bond motifs is 1. The molecule has 2 aromatic heterocycles. The van der Waals surface area contributed by atoms with E-state index in [1.807, 2.05) is 83.4 Å². The number of pyridine rings is 1. The van der Waals surface area contributed by atoms with Gasteiger partial charge in [0.1, 0.15) is 11.6 Å². The molecule has 4 nitrogen and oxygen atoms in total. The first-order valence-electron chi connectivity index (χ1n) is 24.4. The quantitative estimate of drug-likeness (QED) is 0.162. The Bertz CT molecular complexity index is 3430. The van der Waals surface area contributed by atoms with Gasteiger partial charge in [-0.1, -0.05) is 168 Å². The molecule has 0 aliphatic rings. The van der Waals surface area contributed by atoms with E-state index in [-0.39, 0.29) is 60.9 Å². The molecule has 1 N–H and O–H groups in total. The van der Waals surface area contributed by atoms with Crippen molar-refractivity contribution in [3.05, 3.63) is 193 Å². The summed E-state index contributed by atoms with van der Waals surface area (Å²) < 4.78 is 70.9. The van der Waals surface area contributed by atoms with Crippen LogP contribution >= 0.6 is 0 Å². The van der Waals surface area contributed by atoms with Crippen LogP contribution < -0.4 is 0 Å². The van der Waals surface area contributed by atoms with Gasteiger partial charge in [-0.25, -0.2) is 4.98 Å². The number of imidazole rings is 1. The maximum atomic E-state index is 11.6. The van der Waals surface area contributed by atoms with Gasteiger partial charge in [0.05, 0.1) is 29.1 Å². The molecule has 2 heterocycles. The standard InChI is InChI=1S/C57H50N3O.Pt/c1-37-31-52(49(39-19-12-9-13-20-39)36-48(37)40-25-27-44(28-26-40)56(2,3)4)60-51-23-16-22-46(54(51)59-55(60)47-21-14-15-24-53(47)61)42-32-43(34-45(33-42)57(5,6)7)50-35-41(29-30-58-50)38-17-10-8-11-18-38;/h8-31,33-36,61H,1-7H3;/q-1;/i1D3,8D,10D,11D,17D,18D;. The summed E-state index contributed by atoms with van der Waals surface area (Å²) in [6, 6.07) is 43.6. The molecule has 0 unspecified atom stereocenters. The molecule has 0 radical (unpaired) electrons. The van der Waals surface area contributed by atoms with Crippen LogP contribution in [0.2, 0.25) is 0 Å². The van der Waals surface area contributed by atoms with Crippen molar-refractivity contribution in [1.82, 2.24) is 14.5 Å². The van der Waals surface area contributed by atoms with Gasteiger partial charge >= 0.3 is 0 Å². The van der Waals surface area contributed by atoms with Crippen molar-refractivity contribution in [3.8, 4) is 78.6 Å². The van der Waals surface area contributed by atoms with Gasteiger partial charge in [0.2, 0.25) is 0 Å². The maximum absolute atomic E-state index is 11.6. The zero-order chi connectivity index (χ0) is 49.3. The summed E-state index contributed by atoms with van der Waals surface area (Å²) in [5.41, 5.74) is 9.97. The van der Waals surface area contributed by atoms with Crippen molar-refractivity contribution >= 4 is 11.0 Å². The van der Waals surface area contributed by atoms with Crippen molar-refractivity contribution < 1.29 is 37.1 Å². The first-order valence-corrected chi connectivity index (χ1v) is 20.4. The summed E-state index contributed by atoms with van der Waals surface area (Å²) in [6.45, 7) is 10.2. The molecule has 0 amide bonds. The molecule has 9 rings (SSSR count). The van der Waals surface area contributed by atoms with Gasteiger partial charge in [-0.2, -0.15) is 0 Å². The van der Waals surface area contributed by atoms with E-state index in [4.69, 9.17) is 20.9 Å². The van der Waals surface area contributed by atoms with Crippen LogP contribution in [0.15, 0.2) is 170 Å². The minimum absolute atomic E-state index is 0. The summed E-state index contributed by atoms with van der Waals surface area (Å²) in [7, 11) is 0. The molecule has 0 atom stereocenters. The van der Waals surface area contributed by atoms with E-state index in [0.717, 1.165) is 27.8 Å². The molecule has 62 heavy (non-hydrogen) atoms. The molecule has 0 saturated carbocycles. The Morgan fingerprint density at radius 3 is 1.98 bits per heavy atom. The SMILES string of the molecule is [2H]c1c([2H])c([2H])c(-c2ccnc(-c3[c-]c(-c4cccc5c4nc(-c4ccccc4O)n5-c4cc(C([2H])([2H])[2H])c(-c5ccc(C(C)(C)C)cc5)cc4-c4ccccc4)cc(C(C)(C)C)c3)c2)c([2H])c1[2H].[Pt]. The van der Waals surface area contributed by atoms with Gasteiger partial charge in [0, 0.05) is 42.6 Å². The van der Waals surface area contributed by atoms with E-state index in [1.54, 1.807) is 42.6 Å². The molecular weight excluding hydrogens is 938 g/mol. The van der Waals surface area contributed by atoms with Gasteiger partial charge in [-0.3, -0.25) is 9.55 Å². The minimum Gasteiger partial charge on any atom is -0.507 e. The van der Waals surface area contributed by atoms with Crippen molar-refractivity contribution in [2.75, 3.05) is 0 Å². The van der Waals surface area contributed by atoms with Gasteiger partial charge in [-0.15, -0.1) is 29.3 Å². The Hall–Kier alpha value is -6.35. The first-order chi connectivity index (χ1) is 32.6. The van der Waals surface area contributed by atoms with Gasteiger partial charge < -0.3 is 5.11 Å². The summed E-state index contributed by atoms with van der Waals surface area (Å²) in [6.07, 6.45) is 1.56. The van der Waals surface area contributed by atoms with Crippen LogP contribution in [-0.2, 0) is 31.9 Å². The third-order valence-electron chi connectivity index (χ3n) is 11.2. The maximum Gasteiger partial charge on any atom is 0.148 e. The summed E-state index contributed by atoms with van der Waals surface area (Å²) in [5, 5.41) is 11.6. The number of aromatic nitrogens is 3. The van der Waals surface area contributed by atoms with Crippen LogP contribution in [0.1, 0.15) is 69.2 Å². The van der Waals surface area contributed by atoms with Gasteiger partial charge in [0.25, 0.3) is 0 Å². The number of para-hydroxylation sites is 2. The van der Waals surface area contributed by atoms with Crippen LogP contribution in [0.3, 0.4) is 0 Å².